The van der Waals surface area contributed by atoms with Crippen LogP contribution in [-0.2, 0) is 27.8 Å². The number of benzene rings is 2. The minimum Gasteiger partial charge on any atom is -0.444 e. The van der Waals surface area contributed by atoms with Gasteiger partial charge in [0.2, 0.25) is 15.9 Å². The van der Waals surface area contributed by atoms with Gasteiger partial charge in [-0.25, -0.2) is 13.4 Å². The number of fused-ring (bicyclic) bond motifs is 1. The lowest BCUT2D eigenvalue weighted by atomic mass is 9.95. The molecule has 0 bridgehead atoms. The van der Waals surface area contributed by atoms with Crippen molar-refractivity contribution in [2.45, 2.75) is 25.9 Å². The molecule has 0 radical (unpaired) electrons. The van der Waals surface area contributed by atoms with Crippen LogP contribution in [0.2, 0.25) is 0 Å². The Labute approximate surface area is 169 Å². The first-order valence-corrected chi connectivity index (χ1v) is 10.9. The second kappa shape index (κ2) is 7.81. The standard InChI is InChI=1S/C21H21N3O4S/c1-2-29(26,27)24-13-17-6-4-3-5-16(17)11-19(24)21(25)23-18-9-7-15(8-10-18)20-12-22-14-28-20/h3-10,12,14,19H,2,11,13H2,1H3,(H,23,25)/t19-/m0/s1. The molecule has 3 aromatic rings. The van der Waals surface area contributed by atoms with Gasteiger partial charge in [0.1, 0.15) is 6.04 Å². The summed E-state index contributed by atoms with van der Waals surface area (Å²) in [7, 11) is -3.53. The molecule has 150 valence electrons. The highest BCUT2D eigenvalue weighted by atomic mass is 32.2. The van der Waals surface area contributed by atoms with E-state index in [1.54, 1.807) is 25.3 Å². The molecule has 2 heterocycles. The van der Waals surface area contributed by atoms with Crippen LogP contribution < -0.4 is 5.32 Å². The summed E-state index contributed by atoms with van der Waals surface area (Å²) in [6.45, 7) is 1.79. The fourth-order valence-corrected chi connectivity index (χ4v) is 4.71. The molecule has 2 aromatic carbocycles. The number of aromatic nitrogens is 1. The zero-order valence-electron chi connectivity index (χ0n) is 15.9. The number of nitrogens with zero attached hydrogens (tertiary/aromatic N) is 2. The first-order chi connectivity index (χ1) is 14.0. The van der Waals surface area contributed by atoms with Gasteiger partial charge < -0.3 is 9.73 Å². The van der Waals surface area contributed by atoms with Crippen molar-refractivity contribution in [3.05, 3.63) is 72.2 Å². The van der Waals surface area contributed by atoms with Crippen LogP contribution in [0.25, 0.3) is 11.3 Å². The van der Waals surface area contributed by atoms with E-state index in [0.29, 0.717) is 17.9 Å². The van der Waals surface area contributed by atoms with Gasteiger partial charge >= 0.3 is 0 Å². The Bertz CT molecular complexity index is 1110. The molecular weight excluding hydrogens is 390 g/mol. The smallest absolute Gasteiger partial charge is 0.243 e. The zero-order valence-corrected chi connectivity index (χ0v) is 16.7. The van der Waals surface area contributed by atoms with E-state index in [0.717, 1.165) is 16.7 Å². The van der Waals surface area contributed by atoms with E-state index in [2.05, 4.69) is 10.3 Å². The van der Waals surface area contributed by atoms with Crippen molar-refractivity contribution in [3.8, 4) is 11.3 Å². The number of carbonyl (C=O) groups excluding carboxylic acids is 1. The average Bonchev–Trinajstić information content (AvgIpc) is 3.28. The molecule has 1 atom stereocenters. The van der Waals surface area contributed by atoms with E-state index in [4.69, 9.17) is 4.42 Å². The summed E-state index contributed by atoms with van der Waals surface area (Å²) < 4.78 is 31.8. The summed E-state index contributed by atoms with van der Waals surface area (Å²) in [5.41, 5.74) is 3.36. The lowest BCUT2D eigenvalue weighted by molar-refractivity contribution is -0.120. The van der Waals surface area contributed by atoms with Crippen LogP contribution in [-0.4, -0.2) is 35.4 Å². The number of carbonyl (C=O) groups is 1. The lowest BCUT2D eigenvalue weighted by Crippen LogP contribution is -2.51. The molecule has 7 nitrogen and oxygen atoms in total. The lowest BCUT2D eigenvalue weighted by Gasteiger charge is -2.34. The van der Waals surface area contributed by atoms with Crippen molar-refractivity contribution in [2.24, 2.45) is 0 Å². The SMILES string of the molecule is CCS(=O)(=O)N1Cc2ccccc2C[C@H]1C(=O)Nc1ccc(-c2cnco2)cc1. The van der Waals surface area contributed by atoms with Gasteiger partial charge in [0.05, 0.1) is 11.9 Å². The summed E-state index contributed by atoms with van der Waals surface area (Å²) in [5.74, 6) is 0.237. The fourth-order valence-electron chi connectivity index (χ4n) is 3.48. The van der Waals surface area contributed by atoms with Crippen LogP contribution in [0.4, 0.5) is 5.69 Å². The Hall–Kier alpha value is -2.97. The number of hydrogen-bond donors (Lipinski definition) is 1. The zero-order chi connectivity index (χ0) is 20.4. The number of rotatable bonds is 5. The molecule has 29 heavy (non-hydrogen) atoms. The van der Waals surface area contributed by atoms with E-state index >= 15 is 0 Å². The minimum absolute atomic E-state index is 0.0508. The molecule has 1 amide bonds. The van der Waals surface area contributed by atoms with Gasteiger partial charge in [0.15, 0.2) is 12.2 Å². The summed E-state index contributed by atoms with van der Waals surface area (Å²) in [5, 5.41) is 2.85. The van der Waals surface area contributed by atoms with Crippen LogP contribution in [0.15, 0.2) is 65.5 Å². The number of anilines is 1. The van der Waals surface area contributed by atoms with Crippen molar-refractivity contribution >= 4 is 21.6 Å². The molecule has 0 fully saturated rings. The molecule has 1 N–H and O–H groups in total. The van der Waals surface area contributed by atoms with E-state index in [-0.39, 0.29) is 18.2 Å². The van der Waals surface area contributed by atoms with Crippen molar-refractivity contribution < 1.29 is 17.6 Å². The van der Waals surface area contributed by atoms with Crippen LogP contribution in [0.5, 0.6) is 0 Å². The van der Waals surface area contributed by atoms with Crippen LogP contribution in [0, 0.1) is 0 Å². The third-order valence-corrected chi connectivity index (χ3v) is 6.93. The second-order valence-corrected chi connectivity index (χ2v) is 9.08. The Morgan fingerprint density at radius 3 is 2.55 bits per heavy atom. The number of oxazole rings is 1. The van der Waals surface area contributed by atoms with Crippen molar-refractivity contribution in [1.82, 2.24) is 9.29 Å². The Morgan fingerprint density at radius 2 is 1.90 bits per heavy atom. The quantitative estimate of drug-likeness (QED) is 0.697. The highest BCUT2D eigenvalue weighted by Crippen LogP contribution is 2.27. The van der Waals surface area contributed by atoms with E-state index < -0.39 is 16.1 Å². The molecule has 1 aliphatic heterocycles. The molecule has 0 saturated carbocycles. The molecule has 4 rings (SSSR count). The van der Waals surface area contributed by atoms with E-state index in [1.807, 2.05) is 36.4 Å². The fraction of sp³-hybridized carbons (Fsp3) is 0.238. The predicted octanol–water partition coefficient (Wildman–Crippen LogP) is 3.06. The molecule has 0 spiro atoms. The summed E-state index contributed by atoms with van der Waals surface area (Å²) in [6, 6.07) is 14.0. The Kier molecular flexibility index (Phi) is 5.21. The summed E-state index contributed by atoms with van der Waals surface area (Å²) >= 11 is 0. The van der Waals surface area contributed by atoms with Gasteiger partial charge in [0, 0.05) is 17.8 Å². The monoisotopic (exact) mass is 411 g/mol. The molecule has 0 saturated heterocycles. The number of nitrogens with one attached hydrogen (secondary N) is 1. The average molecular weight is 411 g/mol. The van der Waals surface area contributed by atoms with E-state index in [1.165, 1.54) is 10.7 Å². The van der Waals surface area contributed by atoms with Crippen LogP contribution >= 0.6 is 0 Å². The Morgan fingerprint density at radius 1 is 1.17 bits per heavy atom. The normalized spacial score (nSPS) is 16.9. The molecule has 1 aliphatic rings. The first-order valence-electron chi connectivity index (χ1n) is 9.34. The van der Waals surface area contributed by atoms with Crippen molar-refractivity contribution in [3.63, 3.8) is 0 Å². The molecule has 0 unspecified atom stereocenters. The molecular formula is C21H21N3O4S. The van der Waals surface area contributed by atoms with Crippen LogP contribution in [0.3, 0.4) is 0 Å². The van der Waals surface area contributed by atoms with Gasteiger partial charge in [-0.2, -0.15) is 4.31 Å². The number of amides is 1. The second-order valence-electron chi connectivity index (χ2n) is 6.87. The third kappa shape index (κ3) is 3.94. The topological polar surface area (TPSA) is 92.5 Å². The first kappa shape index (κ1) is 19.4. The van der Waals surface area contributed by atoms with Gasteiger partial charge in [-0.05, 0) is 48.7 Å². The molecule has 1 aromatic heterocycles. The number of sulfonamides is 1. The Balaban J connectivity index is 1.57. The maximum absolute atomic E-state index is 13.0. The van der Waals surface area contributed by atoms with Crippen molar-refractivity contribution in [1.29, 1.82) is 0 Å². The predicted molar refractivity (Wildman–Crippen MR) is 110 cm³/mol. The molecule has 0 aliphatic carbocycles. The van der Waals surface area contributed by atoms with E-state index in [9.17, 15) is 13.2 Å². The highest BCUT2D eigenvalue weighted by molar-refractivity contribution is 7.89. The summed E-state index contributed by atoms with van der Waals surface area (Å²) in [6.07, 6.45) is 3.31. The third-order valence-electron chi connectivity index (χ3n) is 5.10. The number of hydrogen-bond acceptors (Lipinski definition) is 5. The summed E-state index contributed by atoms with van der Waals surface area (Å²) in [4.78, 5) is 16.9. The maximum atomic E-state index is 13.0. The van der Waals surface area contributed by atoms with Gasteiger partial charge in [-0.1, -0.05) is 24.3 Å². The van der Waals surface area contributed by atoms with Crippen LogP contribution in [0.1, 0.15) is 18.1 Å². The van der Waals surface area contributed by atoms with Gasteiger partial charge in [-0.15, -0.1) is 0 Å². The van der Waals surface area contributed by atoms with Crippen molar-refractivity contribution in [2.75, 3.05) is 11.1 Å². The highest BCUT2D eigenvalue weighted by Gasteiger charge is 2.37. The maximum Gasteiger partial charge on any atom is 0.243 e. The minimum atomic E-state index is -3.53. The molecule has 8 heteroatoms. The van der Waals surface area contributed by atoms with Gasteiger partial charge in [0.25, 0.3) is 0 Å². The largest absolute Gasteiger partial charge is 0.444 e. The van der Waals surface area contributed by atoms with Gasteiger partial charge in [-0.3, -0.25) is 4.79 Å².